The highest BCUT2D eigenvalue weighted by atomic mass is 19.1. The zero-order valence-electron chi connectivity index (χ0n) is 9.91. The van der Waals surface area contributed by atoms with Crippen LogP contribution in [0, 0.1) is 17.1 Å². The van der Waals surface area contributed by atoms with E-state index in [0.717, 1.165) is 19.5 Å². The third-order valence-electron chi connectivity index (χ3n) is 3.26. The maximum absolute atomic E-state index is 13.7. The van der Waals surface area contributed by atoms with Gasteiger partial charge in [0.05, 0.1) is 11.6 Å². The van der Waals surface area contributed by atoms with E-state index in [4.69, 9.17) is 5.26 Å². The highest BCUT2D eigenvalue weighted by Crippen LogP contribution is 2.16. The van der Waals surface area contributed by atoms with Gasteiger partial charge in [-0.25, -0.2) is 4.39 Å². The van der Waals surface area contributed by atoms with Gasteiger partial charge in [-0.05, 0) is 25.6 Å². The molecule has 90 valence electrons. The Kier molecular flexibility index (Phi) is 3.72. The van der Waals surface area contributed by atoms with Crippen molar-refractivity contribution >= 4 is 0 Å². The number of rotatable bonds is 3. The summed E-state index contributed by atoms with van der Waals surface area (Å²) in [5, 5.41) is 11.9. The second kappa shape index (κ2) is 5.26. The molecule has 0 spiro atoms. The van der Waals surface area contributed by atoms with Crippen molar-refractivity contribution in [1.82, 2.24) is 10.2 Å². The Morgan fingerprint density at radius 3 is 3.00 bits per heavy atom. The zero-order chi connectivity index (χ0) is 12.3. The van der Waals surface area contributed by atoms with Crippen LogP contribution < -0.4 is 5.32 Å². The molecular weight excluding hydrogens is 217 g/mol. The fourth-order valence-electron chi connectivity index (χ4n) is 2.20. The number of hydrogen-bond acceptors (Lipinski definition) is 3. The lowest BCUT2D eigenvalue weighted by molar-refractivity contribution is 0.317. The van der Waals surface area contributed by atoms with E-state index in [-0.39, 0.29) is 5.82 Å². The lowest BCUT2D eigenvalue weighted by atomic mass is 10.1. The SMILES string of the molecule is CNC1CCN(Cc2ccc(C#N)cc2F)C1. The van der Waals surface area contributed by atoms with Crippen molar-refractivity contribution in [3.63, 3.8) is 0 Å². The summed E-state index contributed by atoms with van der Waals surface area (Å²) < 4.78 is 13.7. The summed E-state index contributed by atoms with van der Waals surface area (Å²) in [6.07, 6.45) is 1.11. The minimum Gasteiger partial charge on any atom is -0.316 e. The van der Waals surface area contributed by atoms with Crippen LogP contribution >= 0.6 is 0 Å². The average Bonchev–Trinajstić information content (AvgIpc) is 2.79. The Hall–Kier alpha value is -1.44. The first-order chi connectivity index (χ1) is 8.22. The number of likely N-dealkylation sites (N-methyl/N-ethyl adjacent to an activating group) is 1. The van der Waals surface area contributed by atoms with Crippen LogP contribution in [0.3, 0.4) is 0 Å². The third kappa shape index (κ3) is 2.82. The average molecular weight is 233 g/mol. The van der Waals surface area contributed by atoms with Crippen LogP contribution in [0.4, 0.5) is 4.39 Å². The van der Waals surface area contributed by atoms with Crippen LogP contribution in [0.2, 0.25) is 0 Å². The number of halogens is 1. The minimum atomic E-state index is -0.281. The van der Waals surface area contributed by atoms with Crippen LogP contribution in [0.25, 0.3) is 0 Å². The van der Waals surface area contributed by atoms with Gasteiger partial charge in [-0.1, -0.05) is 6.07 Å². The molecule has 1 aliphatic rings. The zero-order valence-corrected chi connectivity index (χ0v) is 9.91. The summed E-state index contributed by atoms with van der Waals surface area (Å²) >= 11 is 0. The molecular formula is C13H16FN3. The Balaban J connectivity index is 2.02. The maximum atomic E-state index is 13.7. The molecule has 0 aromatic heterocycles. The van der Waals surface area contributed by atoms with E-state index in [1.807, 2.05) is 13.1 Å². The quantitative estimate of drug-likeness (QED) is 0.859. The molecule has 3 nitrogen and oxygen atoms in total. The lowest BCUT2D eigenvalue weighted by Crippen LogP contribution is -2.29. The third-order valence-corrected chi connectivity index (χ3v) is 3.26. The number of nitrogens with one attached hydrogen (secondary N) is 1. The number of hydrogen-bond donors (Lipinski definition) is 1. The number of nitrogens with zero attached hydrogens (tertiary/aromatic N) is 2. The van der Waals surface area contributed by atoms with Gasteiger partial charge in [0.15, 0.2) is 0 Å². The summed E-state index contributed by atoms with van der Waals surface area (Å²) in [7, 11) is 1.95. The molecule has 1 aromatic rings. The van der Waals surface area contributed by atoms with E-state index in [2.05, 4.69) is 10.2 Å². The Bertz CT molecular complexity index is 439. The Labute approximate surface area is 101 Å². The van der Waals surface area contributed by atoms with Gasteiger partial charge in [-0.2, -0.15) is 5.26 Å². The highest BCUT2D eigenvalue weighted by molar-refractivity contribution is 5.32. The fraction of sp³-hybridized carbons (Fsp3) is 0.462. The molecule has 0 amide bonds. The second-order valence-electron chi connectivity index (χ2n) is 4.43. The van der Waals surface area contributed by atoms with Crippen molar-refractivity contribution in [1.29, 1.82) is 5.26 Å². The van der Waals surface area contributed by atoms with Crippen molar-refractivity contribution in [2.45, 2.75) is 19.0 Å². The molecule has 1 aliphatic heterocycles. The minimum absolute atomic E-state index is 0.281. The molecule has 2 rings (SSSR count). The normalized spacial score (nSPS) is 20.4. The smallest absolute Gasteiger partial charge is 0.129 e. The van der Waals surface area contributed by atoms with Crippen molar-refractivity contribution in [2.75, 3.05) is 20.1 Å². The summed E-state index contributed by atoms with van der Waals surface area (Å²) in [4.78, 5) is 2.23. The molecule has 17 heavy (non-hydrogen) atoms. The molecule has 0 bridgehead atoms. The largest absolute Gasteiger partial charge is 0.316 e. The molecule has 1 atom stereocenters. The molecule has 1 heterocycles. The number of nitriles is 1. The molecule has 0 aliphatic carbocycles. The first kappa shape index (κ1) is 12.0. The molecule has 4 heteroatoms. The van der Waals surface area contributed by atoms with Crippen molar-refractivity contribution in [3.05, 3.63) is 35.1 Å². The predicted octanol–water partition coefficient (Wildman–Crippen LogP) is 1.49. The predicted molar refractivity (Wildman–Crippen MR) is 63.9 cm³/mol. The number of benzene rings is 1. The lowest BCUT2D eigenvalue weighted by Gasteiger charge is -2.16. The summed E-state index contributed by atoms with van der Waals surface area (Å²) in [5.74, 6) is -0.281. The van der Waals surface area contributed by atoms with Crippen molar-refractivity contribution in [2.24, 2.45) is 0 Å². The van der Waals surface area contributed by atoms with Gasteiger partial charge in [-0.3, -0.25) is 4.90 Å². The first-order valence-electron chi connectivity index (χ1n) is 5.81. The highest BCUT2D eigenvalue weighted by Gasteiger charge is 2.21. The van der Waals surface area contributed by atoms with Gasteiger partial charge < -0.3 is 5.32 Å². The van der Waals surface area contributed by atoms with Crippen LogP contribution in [0.1, 0.15) is 17.5 Å². The summed E-state index contributed by atoms with van der Waals surface area (Å²) in [5.41, 5.74) is 1.04. The summed E-state index contributed by atoms with van der Waals surface area (Å²) in [6, 6.07) is 7.14. The van der Waals surface area contributed by atoms with Crippen molar-refractivity contribution < 1.29 is 4.39 Å². The number of likely N-dealkylation sites (tertiary alicyclic amines) is 1. The topological polar surface area (TPSA) is 39.1 Å². The molecule has 1 unspecified atom stereocenters. The standard InChI is InChI=1S/C13H16FN3/c1-16-12-4-5-17(9-12)8-11-3-2-10(7-15)6-13(11)14/h2-3,6,12,16H,4-5,8-9H2,1H3. The van der Waals surface area contributed by atoms with Gasteiger partial charge in [0.25, 0.3) is 0 Å². The Morgan fingerprint density at radius 2 is 2.41 bits per heavy atom. The van der Waals surface area contributed by atoms with E-state index in [9.17, 15) is 4.39 Å². The maximum Gasteiger partial charge on any atom is 0.129 e. The molecule has 1 fully saturated rings. The van der Waals surface area contributed by atoms with E-state index < -0.39 is 0 Å². The van der Waals surface area contributed by atoms with Gasteiger partial charge in [0.2, 0.25) is 0 Å². The van der Waals surface area contributed by atoms with E-state index in [1.165, 1.54) is 6.07 Å². The van der Waals surface area contributed by atoms with Crippen LogP contribution in [-0.4, -0.2) is 31.1 Å². The van der Waals surface area contributed by atoms with E-state index in [1.54, 1.807) is 12.1 Å². The first-order valence-corrected chi connectivity index (χ1v) is 5.81. The van der Waals surface area contributed by atoms with Gasteiger partial charge in [0.1, 0.15) is 5.82 Å². The van der Waals surface area contributed by atoms with E-state index >= 15 is 0 Å². The monoisotopic (exact) mass is 233 g/mol. The summed E-state index contributed by atoms with van der Waals surface area (Å²) in [6.45, 7) is 2.57. The van der Waals surface area contributed by atoms with Gasteiger partial charge in [0, 0.05) is 31.2 Å². The molecule has 0 radical (unpaired) electrons. The van der Waals surface area contributed by atoms with Gasteiger partial charge in [-0.15, -0.1) is 0 Å². The van der Waals surface area contributed by atoms with Crippen LogP contribution in [0.5, 0.6) is 0 Å². The molecule has 1 N–H and O–H groups in total. The van der Waals surface area contributed by atoms with Crippen molar-refractivity contribution in [3.8, 4) is 6.07 Å². The molecule has 1 saturated heterocycles. The molecule has 1 aromatic carbocycles. The van der Waals surface area contributed by atoms with Crippen LogP contribution in [-0.2, 0) is 6.54 Å². The van der Waals surface area contributed by atoms with Crippen LogP contribution in [0.15, 0.2) is 18.2 Å². The van der Waals surface area contributed by atoms with Gasteiger partial charge >= 0.3 is 0 Å². The van der Waals surface area contributed by atoms with E-state index in [0.29, 0.717) is 23.7 Å². The fourth-order valence-corrected chi connectivity index (χ4v) is 2.20. The Morgan fingerprint density at radius 1 is 1.59 bits per heavy atom. The second-order valence-corrected chi connectivity index (χ2v) is 4.43. The molecule has 0 saturated carbocycles.